The van der Waals surface area contributed by atoms with Crippen LogP contribution in [0.5, 0.6) is 0 Å². The maximum atomic E-state index is 13.0. The second-order valence-electron chi connectivity index (χ2n) is 7.53. The lowest BCUT2D eigenvalue weighted by Gasteiger charge is -2.17. The number of halogens is 1. The Kier molecular flexibility index (Phi) is 9.24. The lowest BCUT2D eigenvalue weighted by molar-refractivity contribution is -0.123. The lowest BCUT2D eigenvalue weighted by atomic mass is 10.1. The second-order valence-corrected chi connectivity index (χ2v) is 7.97. The van der Waals surface area contributed by atoms with E-state index in [0.717, 1.165) is 0 Å². The minimum atomic E-state index is -1.08. The number of amides is 2. The highest BCUT2D eigenvalue weighted by Gasteiger charge is 2.21. The Balaban J connectivity index is 1.76. The van der Waals surface area contributed by atoms with Gasteiger partial charge in [-0.05, 0) is 48.5 Å². The molecule has 1 aromatic heterocycles. The number of rotatable bonds is 11. The molecule has 12 nitrogen and oxygen atoms in total. The zero-order valence-corrected chi connectivity index (χ0v) is 20.1. The van der Waals surface area contributed by atoms with E-state index in [1.54, 1.807) is 18.2 Å². The van der Waals surface area contributed by atoms with Gasteiger partial charge in [-0.2, -0.15) is 5.10 Å². The summed E-state index contributed by atoms with van der Waals surface area (Å²) >= 11 is 6.10. The predicted octanol–water partition coefficient (Wildman–Crippen LogP) is 2.46. The molecular formula is C24H23ClN8O4. The van der Waals surface area contributed by atoms with Crippen molar-refractivity contribution in [2.24, 2.45) is 16.0 Å². The Morgan fingerprint density at radius 1 is 1.24 bits per heavy atom. The van der Waals surface area contributed by atoms with Crippen LogP contribution < -0.4 is 21.5 Å². The summed E-state index contributed by atoms with van der Waals surface area (Å²) in [5.74, 6) is 3.81. The van der Waals surface area contributed by atoms with Gasteiger partial charge in [0.05, 0.1) is 17.6 Å². The molecule has 1 heterocycles. The number of aromatic amines is 1. The fourth-order valence-corrected chi connectivity index (χ4v) is 3.37. The van der Waals surface area contributed by atoms with Crippen molar-refractivity contribution < 1.29 is 19.5 Å². The minimum Gasteiger partial charge on any atom is -0.478 e. The van der Waals surface area contributed by atoms with Gasteiger partial charge >= 0.3 is 5.97 Å². The maximum Gasteiger partial charge on any atom is 0.335 e. The van der Waals surface area contributed by atoms with E-state index in [4.69, 9.17) is 22.6 Å². The first-order valence-corrected chi connectivity index (χ1v) is 11.1. The molecule has 0 saturated carbocycles. The molecule has 0 fully saturated rings. The van der Waals surface area contributed by atoms with Gasteiger partial charge < -0.3 is 20.7 Å². The number of nitrogens with one attached hydrogen (secondary N) is 3. The highest BCUT2D eigenvalue weighted by Crippen LogP contribution is 2.23. The van der Waals surface area contributed by atoms with Crippen LogP contribution in [0.15, 0.2) is 71.3 Å². The first-order chi connectivity index (χ1) is 17.8. The predicted molar refractivity (Wildman–Crippen MR) is 141 cm³/mol. The number of carboxylic acid groups (broad SMARTS) is 1. The number of carbonyl (C=O) groups excluding carboxylic acids is 2. The van der Waals surface area contributed by atoms with Gasteiger partial charge in [0.2, 0.25) is 11.8 Å². The van der Waals surface area contributed by atoms with Crippen molar-refractivity contribution in [3.8, 4) is 0 Å². The smallest absolute Gasteiger partial charge is 0.335 e. The number of carbonyl (C=O) groups is 3. The van der Waals surface area contributed by atoms with Crippen molar-refractivity contribution in [3.63, 3.8) is 0 Å². The Bertz CT molecular complexity index is 1320. The first-order valence-electron chi connectivity index (χ1n) is 10.7. The average Bonchev–Trinajstić information content (AvgIpc) is 3.39. The van der Waals surface area contributed by atoms with Crippen LogP contribution >= 0.6 is 11.6 Å². The number of hydrazine groups is 1. The third kappa shape index (κ3) is 7.85. The van der Waals surface area contributed by atoms with E-state index in [9.17, 15) is 14.4 Å². The zero-order valence-electron chi connectivity index (χ0n) is 19.3. The summed E-state index contributed by atoms with van der Waals surface area (Å²) in [6, 6.07) is 9.53. The third-order valence-corrected chi connectivity index (χ3v) is 5.19. The molecule has 190 valence electrons. The van der Waals surface area contributed by atoms with E-state index < -0.39 is 23.8 Å². The molecule has 6 N–H and O–H groups in total. The summed E-state index contributed by atoms with van der Waals surface area (Å²) in [5.41, 5.74) is 2.06. The van der Waals surface area contributed by atoms with E-state index in [1.807, 2.05) is 0 Å². The van der Waals surface area contributed by atoms with Crippen LogP contribution in [0.2, 0.25) is 5.02 Å². The summed E-state index contributed by atoms with van der Waals surface area (Å²) < 4.78 is 0. The molecule has 0 aliphatic heterocycles. The maximum absolute atomic E-state index is 13.0. The number of nitrogens with zero attached hydrogens (tertiary/aromatic N) is 4. The highest BCUT2D eigenvalue weighted by atomic mass is 35.5. The minimum absolute atomic E-state index is 0.0777. The molecule has 0 bridgehead atoms. The van der Waals surface area contributed by atoms with E-state index in [1.165, 1.54) is 60.3 Å². The molecule has 1 atom stereocenters. The number of hydrogen-bond acceptors (Lipinski definition) is 7. The van der Waals surface area contributed by atoms with E-state index >= 15 is 0 Å². The van der Waals surface area contributed by atoms with Crippen LogP contribution in [0.1, 0.15) is 21.6 Å². The van der Waals surface area contributed by atoms with Crippen LogP contribution in [0, 0.1) is 0 Å². The SMILES string of the molecule is C=N/N=C\N(N)c1ccc(Cl)cc1/C=C/C(=O)N[C@@H](Cc1cnc[nH]1)C(=O)Nc1ccc(C(=O)O)cc1. The molecule has 0 unspecified atom stereocenters. The number of imidazole rings is 1. The fourth-order valence-electron chi connectivity index (χ4n) is 3.18. The summed E-state index contributed by atoms with van der Waals surface area (Å²) in [6.07, 6.45) is 7.09. The quantitative estimate of drug-likeness (QED) is 0.0843. The topological polar surface area (TPSA) is 178 Å². The van der Waals surface area contributed by atoms with Gasteiger partial charge in [-0.25, -0.2) is 15.6 Å². The number of carboxylic acids is 1. The molecule has 2 amide bonds. The van der Waals surface area contributed by atoms with E-state index in [2.05, 4.69) is 37.5 Å². The molecule has 0 aliphatic rings. The van der Waals surface area contributed by atoms with E-state index in [0.29, 0.717) is 27.7 Å². The Morgan fingerprint density at radius 2 is 2.00 bits per heavy atom. The monoisotopic (exact) mass is 522 g/mol. The second kappa shape index (κ2) is 12.8. The summed E-state index contributed by atoms with van der Waals surface area (Å²) in [4.78, 5) is 43.6. The van der Waals surface area contributed by atoms with Gasteiger partial charge in [-0.3, -0.25) is 14.6 Å². The van der Waals surface area contributed by atoms with Gasteiger partial charge in [0.15, 0.2) is 0 Å². The number of aromatic nitrogens is 2. The Morgan fingerprint density at radius 3 is 2.65 bits per heavy atom. The molecule has 13 heteroatoms. The normalized spacial score (nSPS) is 11.8. The van der Waals surface area contributed by atoms with Crippen LogP contribution in [0.25, 0.3) is 6.08 Å². The molecule has 3 aromatic rings. The lowest BCUT2D eigenvalue weighted by Crippen LogP contribution is -2.44. The largest absolute Gasteiger partial charge is 0.478 e. The van der Waals surface area contributed by atoms with Crippen molar-refractivity contribution in [1.82, 2.24) is 15.3 Å². The zero-order chi connectivity index (χ0) is 26.8. The molecule has 3 rings (SSSR count). The van der Waals surface area contributed by atoms with Crippen molar-refractivity contribution in [1.29, 1.82) is 0 Å². The van der Waals surface area contributed by atoms with Crippen LogP contribution in [-0.2, 0) is 16.0 Å². The van der Waals surface area contributed by atoms with Crippen molar-refractivity contribution in [2.75, 3.05) is 10.3 Å². The number of H-pyrrole nitrogens is 1. The van der Waals surface area contributed by atoms with Gasteiger partial charge in [0, 0.05) is 47.4 Å². The van der Waals surface area contributed by atoms with E-state index in [-0.39, 0.29) is 12.0 Å². The third-order valence-electron chi connectivity index (χ3n) is 4.95. The van der Waals surface area contributed by atoms with Gasteiger partial charge in [-0.1, -0.05) is 11.6 Å². The van der Waals surface area contributed by atoms with Gasteiger partial charge in [0.25, 0.3) is 0 Å². The van der Waals surface area contributed by atoms with Crippen LogP contribution in [0.3, 0.4) is 0 Å². The molecule has 0 aliphatic carbocycles. The van der Waals surface area contributed by atoms with Crippen LogP contribution in [0.4, 0.5) is 11.4 Å². The molecule has 2 aromatic carbocycles. The molecule has 0 saturated heterocycles. The standard InChI is InChI=1S/C24H23ClN8O4/c1-27-30-14-33(26)21-8-5-17(25)10-16(21)4-9-22(34)32-20(11-19-12-28-13-29-19)23(35)31-18-6-2-15(3-7-18)24(36)37/h2-10,12-14,20H,1,11,26H2,(H,28,29)(H,31,35)(H,32,34)(H,36,37)/b9-4+,30-14-/t20-/m0/s1. The number of anilines is 2. The molecule has 0 radical (unpaired) electrons. The van der Waals surface area contributed by atoms with Gasteiger partial charge in [-0.15, -0.1) is 5.10 Å². The first kappa shape index (κ1) is 26.8. The molecule has 37 heavy (non-hydrogen) atoms. The number of aromatic carboxylic acids is 1. The summed E-state index contributed by atoms with van der Waals surface area (Å²) in [6.45, 7) is 3.25. The highest BCUT2D eigenvalue weighted by molar-refractivity contribution is 6.30. The van der Waals surface area contributed by atoms with Crippen LogP contribution in [-0.4, -0.2) is 52.0 Å². The van der Waals surface area contributed by atoms with Crippen molar-refractivity contribution >= 4 is 59.9 Å². The molecular weight excluding hydrogens is 500 g/mol. The van der Waals surface area contributed by atoms with Gasteiger partial charge in [0.1, 0.15) is 12.4 Å². The number of nitrogens with two attached hydrogens (primary N) is 1. The fraction of sp³-hybridized carbons (Fsp3) is 0.0833. The van der Waals surface area contributed by atoms with Crippen molar-refractivity contribution in [2.45, 2.75) is 12.5 Å². The molecule has 0 spiro atoms. The Hall–Kier alpha value is -4.81. The number of benzene rings is 2. The van der Waals surface area contributed by atoms with Crippen molar-refractivity contribution in [3.05, 3.63) is 82.9 Å². The number of hydrogen-bond donors (Lipinski definition) is 5. The Labute approximate surface area is 216 Å². The summed E-state index contributed by atoms with van der Waals surface area (Å²) in [5, 5.41) is 23.0. The average molecular weight is 523 g/mol. The summed E-state index contributed by atoms with van der Waals surface area (Å²) in [7, 11) is 0.